The molecule has 0 saturated heterocycles. The van der Waals surface area contributed by atoms with E-state index in [0.717, 1.165) is 35.1 Å². The molecule has 27 heavy (non-hydrogen) atoms. The molecule has 1 heterocycles. The second-order valence-electron chi connectivity index (χ2n) is 6.62. The number of anilines is 1. The van der Waals surface area contributed by atoms with E-state index in [4.69, 9.17) is 0 Å². The highest BCUT2D eigenvalue weighted by atomic mass is 32.1. The first-order chi connectivity index (χ1) is 12.9. The molecular formula is C20H22F2N2O2S. The van der Waals surface area contributed by atoms with Gasteiger partial charge in [0.25, 0.3) is 5.91 Å². The fraction of sp³-hybridized carbons (Fsp3) is 0.400. The highest BCUT2D eigenvalue weighted by Crippen LogP contribution is 2.33. The van der Waals surface area contributed by atoms with Crippen LogP contribution in [0.25, 0.3) is 0 Å². The van der Waals surface area contributed by atoms with Gasteiger partial charge in [-0.05, 0) is 56.9 Å². The van der Waals surface area contributed by atoms with E-state index in [1.165, 1.54) is 11.3 Å². The van der Waals surface area contributed by atoms with E-state index >= 15 is 0 Å². The third-order valence-corrected chi connectivity index (χ3v) is 6.07. The van der Waals surface area contributed by atoms with Crippen molar-refractivity contribution >= 4 is 28.8 Å². The summed E-state index contributed by atoms with van der Waals surface area (Å²) >= 11 is 1.50. The van der Waals surface area contributed by atoms with Crippen LogP contribution in [0.15, 0.2) is 24.3 Å². The predicted molar refractivity (Wildman–Crippen MR) is 102 cm³/mol. The van der Waals surface area contributed by atoms with Gasteiger partial charge in [-0.15, -0.1) is 11.3 Å². The van der Waals surface area contributed by atoms with E-state index in [1.54, 1.807) is 4.90 Å². The minimum Gasteiger partial charge on any atom is -0.339 e. The number of benzene rings is 1. The number of hydrogen-bond acceptors (Lipinski definition) is 3. The quantitative estimate of drug-likeness (QED) is 0.827. The van der Waals surface area contributed by atoms with Crippen LogP contribution in [0.1, 0.15) is 40.4 Å². The van der Waals surface area contributed by atoms with Gasteiger partial charge in [0.1, 0.15) is 11.6 Å². The van der Waals surface area contributed by atoms with Crippen LogP contribution in [0.5, 0.6) is 0 Å². The average Bonchev–Trinajstić information content (AvgIpc) is 3.05. The zero-order valence-corrected chi connectivity index (χ0v) is 16.2. The van der Waals surface area contributed by atoms with Gasteiger partial charge in [-0.1, -0.05) is 0 Å². The van der Waals surface area contributed by atoms with Crippen LogP contribution in [-0.4, -0.2) is 29.8 Å². The topological polar surface area (TPSA) is 49.4 Å². The molecule has 0 saturated carbocycles. The van der Waals surface area contributed by atoms with Crippen LogP contribution in [0.4, 0.5) is 14.5 Å². The monoisotopic (exact) mass is 392 g/mol. The molecule has 7 heteroatoms. The third-order valence-electron chi connectivity index (χ3n) is 4.85. The molecule has 0 bridgehead atoms. The summed E-state index contributed by atoms with van der Waals surface area (Å²) in [6.07, 6.45) is 1.90. The summed E-state index contributed by atoms with van der Waals surface area (Å²) in [6.45, 7) is 5.22. The Hall–Kier alpha value is -2.28. The molecule has 1 atom stereocenters. The first kappa shape index (κ1) is 19.5. The largest absolute Gasteiger partial charge is 0.339 e. The fourth-order valence-electron chi connectivity index (χ4n) is 3.39. The molecule has 0 unspecified atom stereocenters. The lowest BCUT2D eigenvalue weighted by Gasteiger charge is -2.21. The van der Waals surface area contributed by atoms with E-state index in [1.807, 2.05) is 19.9 Å². The van der Waals surface area contributed by atoms with Gasteiger partial charge in [0.05, 0.1) is 4.88 Å². The maximum absolute atomic E-state index is 13.3. The average molecular weight is 392 g/mol. The standard InChI is InChI=1S/C20H22F2N2O2S/c1-3-24(4-2)20(26)18-8-13-7-12(5-6-17(13)27-18)19(25)23-16-10-14(21)9-15(22)11-16/h8-12H,3-7H2,1-2H3,(H,23,25)/t12-/m0/s1. The Kier molecular flexibility index (Phi) is 5.89. The van der Waals surface area contributed by atoms with Gasteiger partial charge in [0.2, 0.25) is 5.91 Å². The Morgan fingerprint density at radius 3 is 2.44 bits per heavy atom. The summed E-state index contributed by atoms with van der Waals surface area (Å²) in [5.41, 5.74) is 1.14. The summed E-state index contributed by atoms with van der Waals surface area (Å²) in [7, 11) is 0. The smallest absolute Gasteiger partial charge is 0.263 e. The van der Waals surface area contributed by atoms with Gasteiger partial charge in [-0.25, -0.2) is 8.78 Å². The first-order valence-corrected chi connectivity index (χ1v) is 9.90. The lowest BCUT2D eigenvalue weighted by Crippen LogP contribution is -2.29. The molecule has 2 amide bonds. The molecule has 1 aromatic carbocycles. The zero-order valence-electron chi connectivity index (χ0n) is 15.4. The van der Waals surface area contributed by atoms with E-state index < -0.39 is 11.6 Å². The number of carbonyl (C=O) groups excluding carboxylic acids is 2. The van der Waals surface area contributed by atoms with Crippen LogP contribution in [0, 0.1) is 17.6 Å². The van der Waals surface area contributed by atoms with Crippen LogP contribution in [-0.2, 0) is 17.6 Å². The number of carbonyl (C=O) groups is 2. The van der Waals surface area contributed by atoms with Crippen LogP contribution >= 0.6 is 11.3 Å². The number of hydrogen-bond donors (Lipinski definition) is 1. The van der Waals surface area contributed by atoms with Crippen molar-refractivity contribution in [1.29, 1.82) is 0 Å². The van der Waals surface area contributed by atoms with Gasteiger partial charge in [-0.3, -0.25) is 9.59 Å². The molecule has 144 valence electrons. The van der Waals surface area contributed by atoms with E-state index in [0.29, 0.717) is 30.8 Å². The van der Waals surface area contributed by atoms with Crippen LogP contribution in [0.2, 0.25) is 0 Å². The second-order valence-corrected chi connectivity index (χ2v) is 7.76. The molecule has 0 spiro atoms. The number of amides is 2. The molecule has 1 N–H and O–H groups in total. The molecule has 1 aromatic heterocycles. The van der Waals surface area contributed by atoms with Gasteiger partial charge < -0.3 is 10.2 Å². The molecule has 0 fully saturated rings. The van der Waals surface area contributed by atoms with E-state index in [9.17, 15) is 18.4 Å². The van der Waals surface area contributed by atoms with Crippen molar-refractivity contribution < 1.29 is 18.4 Å². The molecule has 1 aliphatic carbocycles. The maximum atomic E-state index is 13.3. The summed E-state index contributed by atoms with van der Waals surface area (Å²) in [5.74, 6) is -1.97. The van der Waals surface area contributed by atoms with Crippen molar-refractivity contribution in [2.75, 3.05) is 18.4 Å². The normalized spacial score (nSPS) is 15.9. The van der Waals surface area contributed by atoms with Crippen molar-refractivity contribution in [2.45, 2.75) is 33.1 Å². The van der Waals surface area contributed by atoms with Crippen LogP contribution < -0.4 is 5.32 Å². The minimum atomic E-state index is -0.728. The third kappa shape index (κ3) is 4.35. The number of nitrogens with zero attached hydrogens (tertiary/aromatic N) is 1. The summed E-state index contributed by atoms with van der Waals surface area (Å²) in [4.78, 5) is 28.7. The van der Waals surface area contributed by atoms with Crippen molar-refractivity contribution in [1.82, 2.24) is 4.90 Å². The second kappa shape index (κ2) is 8.17. The van der Waals surface area contributed by atoms with Crippen molar-refractivity contribution in [3.05, 3.63) is 51.2 Å². The number of fused-ring (bicyclic) bond motifs is 1. The Morgan fingerprint density at radius 1 is 1.15 bits per heavy atom. The number of aryl methyl sites for hydroxylation is 1. The summed E-state index contributed by atoms with van der Waals surface area (Å²) in [6, 6.07) is 4.85. The molecule has 1 aliphatic rings. The maximum Gasteiger partial charge on any atom is 0.263 e. The Morgan fingerprint density at radius 2 is 1.81 bits per heavy atom. The zero-order chi connectivity index (χ0) is 19.6. The summed E-state index contributed by atoms with van der Waals surface area (Å²) < 4.78 is 26.6. The highest BCUT2D eigenvalue weighted by Gasteiger charge is 2.28. The number of nitrogens with one attached hydrogen (secondary N) is 1. The predicted octanol–water partition coefficient (Wildman–Crippen LogP) is 4.25. The lowest BCUT2D eigenvalue weighted by atomic mass is 9.87. The van der Waals surface area contributed by atoms with Crippen LogP contribution in [0.3, 0.4) is 0 Å². The molecular weight excluding hydrogens is 370 g/mol. The van der Waals surface area contributed by atoms with Crippen molar-refractivity contribution in [3.63, 3.8) is 0 Å². The lowest BCUT2D eigenvalue weighted by molar-refractivity contribution is -0.120. The van der Waals surface area contributed by atoms with E-state index in [-0.39, 0.29) is 23.4 Å². The SMILES string of the molecule is CCN(CC)C(=O)c1cc2c(s1)CC[C@H](C(=O)Nc1cc(F)cc(F)c1)C2. The van der Waals surface area contributed by atoms with Gasteiger partial charge in [0, 0.05) is 35.6 Å². The fourth-order valence-corrected chi connectivity index (χ4v) is 4.57. The Balaban J connectivity index is 1.70. The molecule has 0 radical (unpaired) electrons. The summed E-state index contributed by atoms with van der Waals surface area (Å²) in [5, 5.41) is 2.60. The minimum absolute atomic E-state index is 0.0237. The van der Waals surface area contributed by atoms with Crippen molar-refractivity contribution in [2.24, 2.45) is 5.92 Å². The van der Waals surface area contributed by atoms with Crippen molar-refractivity contribution in [3.8, 4) is 0 Å². The molecule has 2 aromatic rings. The van der Waals surface area contributed by atoms with E-state index in [2.05, 4.69) is 5.32 Å². The Bertz CT molecular complexity index is 841. The Labute approximate surface area is 161 Å². The highest BCUT2D eigenvalue weighted by molar-refractivity contribution is 7.14. The molecule has 0 aliphatic heterocycles. The first-order valence-electron chi connectivity index (χ1n) is 9.09. The van der Waals surface area contributed by atoms with Gasteiger partial charge in [0.15, 0.2) is 0 Å². The number of thiophene rings is 1. The van der Waals surface area contributed by atoms with Gasteiger partial charge in [-0.2, -0.15) is 0 Å². The number of halogens is 2. The number of rotatable bonds is 5. The molecule has 3 rings (SSSR count). The van der Waals surface area contributed by atoms with Gasteiger partial charge >= 0.3 is 0 Å². The molecule has 4 nitrogen and oxygen atoms in total.